The molecule has 0 spiro atoms. The van der Waals surface area contributed by atoms with Crippen molar-refractivity contribution in [1.82, 2.24) is 25.3 Å². The van der Waals surface area contributed by atoms with Crippen molar-refractivity contribution in [3.05, 3.63) is 46.9 Å². The standard InChI is InChI=1S/C22H30FN5O4/c1-4-24-21(30)28-12-10-27(11-13-28)14-17-18(20(29)32-5-2)19(25-22(31)26(17)3)15-8-6-7-9-16(15)23/h6-9,19H,4-5,10-14H2,1-3H3,(H,24,30)(H,25,31)/t19-/m1/s1. The Bertz CT molecular complexity index is 898. The Kier molecular flexibility index (Phi) is 7.68. The normalized spacial score (nSPS) is 19.6. The van der Waals surface area contributed by atoms with E-state index in [1.165, 1.54) is 11.0 Å². The molecule has 2 N–H and O–H groups in total. The number of hydrogen-bond acceptors (Lipinski definition) is 5. The van der Waals surface area contributed by atoms with E-state index in [2.05, 4.69) is 15.5 Å². The number of ether oxygens (including phenoxy) is 1. The van der Waals surface area contributed by atoms with Crippen molar-refractivity contribution < 1.29 is 23.5 Å². The van der Waals surface area contributed by atoms with Gasteiger partial charge in [-0.15, -0.1) is 0 Å². The largest absolute Gasteiger partial charge is 0.463 e. The average Bonchev–Trinajstić information content (AvgIpc) is 2.78. The molecule has 0 aliphatic carbocycles. The van der Waals surface area contributed by atoms with Crippen molar-refractivity contribution >= 4 is 18.0 Å². The second-order valence-electron chi connectivity index (χ2n) is 7.64. The first-order valence-electron chi connectivity index (χ1n) is 10.8. The first-order chi connectivity index (χ1) is 15.4. The molecule has 0 unspecified atom stereocenters. The third kappa shape index (κ3) is 5.01. The molecule has 1 aromatic rings. The summed E-state index contributed by atoms with van der Waals surface area (Å²) in [5.41, 5.74) is 0.882. The zero-order chi connectivity index (χ0) is 23.3. The number of benzene rings is 1. The van der Waals surface area contributed by atoms with Crippen LogP contribution in [0.4, 0.5) is 14.0 Å². The van der Waals surface area contributed by atoms with Gasteiger partial charge in [-0.25, -0.2) is 18.8 Å². The van der Waals surface area contributed by atoms with E-state index < -0.39 is 23.9 Å². The fraction of sp³-hybridized carbons (Fsp3) is 0.500. The third-order valence-electron chi connectivity index (χ3n) is 5.65. The molecule has 4 amide bonds. The Labute approximate surface area is 187 Å². The number of urea groups is 2. The number of carbonyl (C=O) groups excluding carboxylic acids is 3. The van der Waals surface area contributed by atoms with Crippen molar-refractivity contribution in [3.8, 4) is 0 Å². The number of amides is 4. The SMILES string of the molecule is CCNC(=O)N1CCN(CC2=C(C(=O)OCC)[C@@H](c3ccccc3F)NC(=O)N2C)CC1. The lowest BCUT2D eigenvalue weighted by Gasteiger charge is -2.39. The number of piperazine rings is 1. The molecule has 32 heavy (non-hydrogen) atoms. The number of carbonyl (C=O) groups is 3. The Morgan fingerprint density at radius 3 is 2.50 bits per heavy atom. The molecule has 0 saturated carbocycles. The molecule has 0 aromatic heterocycles. The number of halogens is 1. The second-order valence-corrected chi connectivity index (χ2v) is 7.64. The monoisotopic (exact) mass is 447 g/mol. The van der Waals surface area contributed by atoms with Crippen LogP contribution >= 0.6 is 0 Å². The predicted molar refractivity (Wildman–Crippen MR) is 116 cm³/mol. The van der Waals surface area contributed by atoms with Gasteiger partial charge in [0.1, 0.15) is 5.82 Å². The summed E-state index contributed by atoms with van der Waals surface area (Å²) >= 11 is 0. The Hall–Kier alpha value is -3.14. The van der Waals surface area contributed by atoms with Gasteiger partial charge in [0.05, 0.1) is 18.2 Å². The van der Waals surface area contributed by atoms with Crippen LogP contribution in [0.15, 0.2) is 35.5 Å². The van der Waals surface area contributed by atoms with Crippen LogP contribution in [-0.2, 0) is 9.53 Å². The summed E-state index contributed by atoms with van der Waals surface area (Å²) in [4.78, 5) is 42.9. The minimum absolute atomic E-state index is 0.104. The van der Waals surface area contributed by atoms with Crippen molar-refractivity contribution in [2.75, 3.05) is 52.9 Å². The molecule has 3 rings (SSSR count). The molecule has 1 aromatic carbocycles. The number of nitrogens with one attached hydrogen (secondary N) is 2. The summed E-state index contributed by atoms with van der Waals surface area (Å²) < 4.78 is 19.9. The van der Waals surface area contributed by atoms with Crippen molar-refractivity contribution in [1.29, 1.82) is 0 Å². The molecular weight excluding hydrogens is 417 g/mol. The first-order valence-corrected chi connectivity index (χ1v) is 10.8. The molecule has 0 bridgehead atoms. The highest BCUT2D eigenvalue weighted by molar-refractivity contribution is 5.95. The maximum Gasteiger partial charge on any atom is 0.338 e. The Morgan fingerprint density at radius 2 is 1.88 bits per heavy atom. The van der Waals surface area contributed by atoms with E-state index in [1.54, 1.807) is 37.1 Å². The summed E-state index contributed by atoms with van der Waals surface area (Å²) in [5, 5.41) is 5.52. The average molecular weight is 448 g/mol. The minimum Gasteiger partial charge on any atom is -0.463 e. The van der Waals surface area contributed by atoms with Crippen molar-refractivity contribution in [2.45, 2.75) is 19.9 Å². The Morgan fingerprint density at radius 1 is 1.19 bits per heavy atom. The smallest absolute Gasteiger partial charge is 0.338 e. The summed E-state index contributed by atoms with van der Waals surface area (Å²) in [6.07, 6.45) is 0. The zero-order valence-corrected chi connectivity index (χ0v) is 18.7. The second kappa shape index (κ2) is 10.4. The lowest BCUT2D eigenvalue weighted by atomic mass is 9.94. The van der Waals surface area contributed by atoms with Gasteiger partial charge in [-0.05, 0) is 19.9 Å². The Balaban J connectivity index is 1.90. The van der Waals surface area contributed by atoms with Crippen LogP contribution in [0.2, 0.25) is 0 Å². The van der Waals surface area contributed by atoms with E-state index >= 15 is 0 Å². The quantitative estimate of drug-likeness (QED) is 0.648. The van der Waals surface area contributed by atoms with Gasteiger partial charge in [0, 0.05) is 57.6 Å². The van der Waals surface area contributed by atoms with Gasteiger partial charge in [-0.2, -0.15) is 0 Å². The van der Waals surface area contributed by atoms with Crippen molar-refractivity contribution in [3.63, 3.8) is 0 Å². The van der Waals surface area contributed by atoms with Crippen LogP contribution < -0.4 is 10.6 Å². The summed E-state index contributed by atoms with van der Waals surface area (Å²) in [5.74, 6) is -1.11. The van der Waals surface area contributed by atoms with Crippen LogP contribution in [-0.4, -0.2) is 85.7 Å². The fourth-order valence-electron chi connectivity index (χ4n) is 3.92. The minimum atomic E-state index is -0.953. The number of rotatable bonds is 6. The molecule has 10 heteroatoms. The lowest BCUT2D eigenvalue weighted by Crippen LogP contribution is -2.54. The lowest BCUT2D eigenvalue weighted by molar-refractivity contribution is -0.139. The molecule has 9 nitrogen and oxygen atoms in total. The van der Waals surface area contributed by atoms with Gasteiger partial charge in [0.2, 0.25) is 0 Å². The number of esters is 1. The van der Waals surface area contributed by atoms with E-state index in [1.807, 2.05) is 6.92 Å². The molecule has 1 saturated heterocycles. The molecule has 2 aliphatic heterocycles. The van der Waals surface area contributed by atoms with Crippen LogP contribution in [0, 0.1) is 5.82 Å². The van der Waals surface area contributed by atoms with Gasteiger partial charge >= 0.3 is 18.0 Å². The summed E-state index contributed by atoms with van der Waals surface area (Å²) in [7, 11) is 1.58. The van der Waals surface area contributed by atoms with Crippen LogP contribution in [0.3, 0.4) is 0 Å². The van der Waals surface area contributed by atoms with E-state index in [-0.39, 0.29) is 23.8 Å². The van der Waals surface area contributed by atoms with Crippen LogP contribution in [0.5, 0.6) is 0 Å². The summed E-state index contributed by atoms with van der Waals surface area (Å²) in [6, 6.07) is 4.57. The van der Waals surface area contributed by atoms with E-state index in [9.17, 15) is 18.8 Å². The number of likely N-dealkylation sites (N-methyl/N-ethyl adjacent to an activating group) is 1. The van der Waals surface area contributed by atoms with Gasteiger partial charge in [0.25, 0.3) is 0 Å². The van der Waals surface area contributed by atoms with E-state index in [0.717, 1.165) is 0 Å². The highest BCUT2D eigenvalue weighted by Gasteiger charge is 2.38. The summed E-state index contributed by atoms with van der Waals surface area (Å²) in [6.45, 7) is 6.80. The zero-order valence-electron chi connectivity index (χ0n) is 18.7. The van der Waals surface area contributed by atoms with Gasteiger partial charge in [-0.3, -0.25) is 9.80 Å². The molecule has 1 fully saturated rings. The first kappa shape index (κ1) is 23.5. The molecule has 0 radical (unpaired) electrons. The topological polar surface area (TPSA) is 94.2 Å². The molecular formula is C22H30FN5O4. The highest BCUT2D eigenvalue weighted by Crippen LogP contribution is 2.32. The third-order valence-corrected chi connectivity index (χ3v) is 5.65. The van der Waals surface area contributed by atoms with Crippen LogP contribution in [0.1, 0.15) is 25.5 Å². The van der Waals surface area contributed by atoms with Gasteiger partial charge in [0.15, 0.2) is 0 Å². The molecule has 2 heterocycles. The van der Waals surface area contributed by atoms with E-state index in [0.29, 0.717) is 45.0 Å². The van der Waals surface area contributed by atoms with Gasteiger partial charge in [-0.1, -0.05) is 18.2 Å². The fourth-order valence-corrected chi connectivity index (χ4v) is 3.92. The number of hydrogen-bond donors (Lipinski definition) is 2. The van der Waals surface area contributed by atoms with E-state index in [4.69, 9.17) is 4.74 Å². The van der Waals surface area contributed by atoms with Gasteiger partial charge < -0.3 is 20.3 Å². The van der Waals surface area contributed by atoms with Crippen LogP contribution in [0.25, 0.3) is 0 Å². The van der Waals surface area contributed by atoms with Crippen molar-refractivity contribution in [2.24, 2.45) is 0 Å². The molecule has 1 atom stereocenters. The molecule has 2 aliphatic rings. The molecule has 174 valence electrons. The number of nitrogens with zero attached hydrogens (tertiary/aromatic N) is 3. The highest BCUT2D eigenvalue weighted by atomic mass is 19.1. The maximum absolute atomic E-state index is 14.6. The maximum atomic E-state index is 14.6. The predicted octanol–water partition coefficient (Wildman–Crippen LogP) is 1.69.